The van der Waals surface area contributed by atoms with E-state index in [1.165, 1.54) is 0 Å². The molecular weight excluding hydrogens is 450 g/mol. The minimum Gasteiger partial charge on any atom is -0.378 e. The van der Waals surface area contributed by atoms with Gasteiger partial charge in [-0.25, -0.2) is 0 Å². The molecule has 1 rings (SSSR count). The van der Waals surface area contributed by atoms with E-state index < -0.39 is 0 Å². The van der Waals surface area contributed by atoms with E-state index in [0.29, 0.717) is 66.1 Å². The van der Waals surface area contributed by atoms with Gasteiger partial charge < -0.3 is 39.2 Å². The first-order valence-corrected chi connectivity index (χ1v) is 13.2. The van der Waals surface area contributed by atoms with Crippen LogP contribution in [0.3, 0.4) is 0 Å². The molecule has 0 aliphatic carbocycles. The van der Waals surface area contributed by atoms with E-state index in [-0.39, 0.29) is 22.9 Å². The normalized spacial score (nSPS) is 16.1. The minimum absolute atomic E-state index is 0.125. The second kappa shape index (κ2) is 18.4. The SMILES string of the molecule is CC(C)(C)NCCOCCOCCOCCOCCOCCN1CCC(C(=O)NC(C)(C)C)CC1. The third kappa shape index (κ3) is 20.0. The zero-order valence-corrected chi connectivity index (χ0v) is 23.3. The number of amides is 1. The Hall–Kier alpha value is -0.810. The Morgan fingerprint density at radius 2 is 1.11 bits per heavy atom. The van der Waals surface area contributed by atoms with E-state index in [1.807, 2.05) is 20.8 Å². The predicted octanol–water partition coefficient (Wildman–Crippen LogP) is 2.08. The second-order valence-corrected chi connectivity index (χ2v) is 11.1. The maximum atomic E-state index is 12.3. The fourth-order valence-electron chi connectivity index (χ4n) is 3.56. The van der Waals surface area contributed by atoms with Crippen LogP contribution in [0.2, 0.25) is 0 Å². The smallest absolute Gasteiger partial charge is 0.223 e. The molecule has 0 aromatic carbocycles. The molecule has 1 aliphatic rings. The van der Waals surface area contributed by atoms with Gasteiger partial charge in [0.25, 0.3) is 0 Å². The number of hydrogen-bond donors (Lipinski definition) is 2. The van der Waals surface area contributed by atoms with Crippen LogP contribution in [0.25, 0.3) is 0 Å². The molecule has 2 N–H and O–H groups in total. The molecule has 1 fully saturated rings. The molecule has 0 bridgehead atoms. The summed E-state index contributed by atoms with van der Waals surface area (Å²) >= 11 is 0. The van der Waals surface area contributed by atoms with Crippen LogP contribution < -0.4 is 10.6 Å². The fourth-order valence-corrected chi connectivity index (χ4v) is 3.56. The molecule has 0 radical (unpaired) electrons. The van der Waals surface area contributed by atoms with Crippen molar-refractivity contribution in [1.82, 2.24) is 15.5 Å². The molecule has 9 heteroatoms. The average molecular weight is 504 g/mol. The van der Waals surface area contributed by atoms with Crippen molar-refractivity contribution in [1.29, 1.82) is 0 Å². The molecule has 208 valence electrons. The van der Waals surface area contributed by atoms with Crippen LogP contribution in [0.1, 0.15) is 54.4 Å². The molecule has 35 heavy (non-hydrogen) atoms. The number of nitrogens with zero attached hydrogens (tertiary/aromatic N) is 1. The Morgan fingerprint density at radius 3 is 1.54 bits per heavy atom. The summed E-state index contributed by atoms with van der Waals surface area (Å²) in [7, 11) is 0. The molecule has 9 nitrogen and oxygen atoms in total. The summed E-state index contributed by atoms with van der Waals surface area (Å²) in [6.45, 7) is 22.1. The van der Waals surface area contributed by atoms with Gasteiger partial charge in [0.15, 0.2) is 0 Å². The van der Waals surface area contributed by atoms with Gasteiger partial charge in [-0.1, -0.05) is 0 Å². The Bertz CT molecular complexity index is 528. The number of piperidine rings is 1. The molecule has 0 spiro atoms. The lowest BCUT2D eigenvalue weighted by atomic mass is 9.94. The van der Waals surface area contributed by atoms with Gasteiger partial charge in [0.05, 0.1) is 66.1 Å². The van der Waals surface area contributed by atoms with Gasteiger partial charge in [-0.05, 0) is 67.5 Å². The largest absolute Gasteiger partial charge is 0.378 e. The summed E-state index contributed by atoms with van der Waals surface area (Å²) < 4.78 is 27.7. The maximum absolute atomic E-state index is 12.3. The van der Waals surface area contributed by atoms with E-state index in [2.05, 4.69) is 36.3 Å². The number of rotatable bonds is 19. The van der Waals surface area contributed by atoms with Crippen LogP contribution in [0.4, 0.5) is 0 Å². The molecular formula is C26H53N3O6. The summed E-state index contributed by atoms with van der Waals surface area (Å²) in [5, 5.41) is 6.47. The van der Waals surface area contributed by atoms with E-state index in [1.54, 1.807) is 0 Å². The maximum Gasteiger partial charge on any atom is 0.223 e. The summed E-state index contributed by atoms with van der Waals surface area (Å²) in [6, 6.07) is 0. The van der Waals surface area contributed by atoms with Crippen LogP contribution >= 0.6 is 0 Å². The van der Waals surface area contributed by atoms with Crippen molar-refractivity contribution < 1.29 is 28.5 Å². The molecule has 0 aromatic heterocycles. The predicted molar refractivity (Wildman–Crippen MR) is 139 cm³/mol. The van der Waals surface area contributed by atoms with Gasteiger partial charge >= 0.3 is 0 Å². The van der Waals surface area contributed by atoms with Gasteiger partial charge in [0.2, 0.25) is 5.91 Å². The van der Waals surface area contributed by atoms with Gasteiger partial charge in [0, 0.05) is 30.1 Å². The van der Waals surface area contributed by atoms with Crippen molar-refractivity contribution in [3.05, 3.63) is 0 Å². The average Bonchev–Trinajstić information content (AvgIpc) is 2.76. The topological polar surface area (TPSA) is 90.5 Å². The standard InChI is InChI=1S/C26H53N3O6/c1-25(2,3)27-9-13-31-15-17-33-19-21-35-22-20-34-18-16-32-14-12-29-10-7-23(8-11-29)24(30)28-26(4,5)6/h23,27H,7-22H2,1-6H3,(H,28,30). The highest BCUT2D eigenvalue weighted by Crippen LogP contribution is 2.18. The molecule has 0 unspecified atom stereocenters. The molecule has 0 aromatic rings. The minimum atomic E-state index is -0.163. The van der Waals surface area contributed by atoms with Crippen LogP contribution in [0, 0.1) is 5.92 Å². The van der Waals surface area contributed by atoms with E-state index in [9.17, 15) is 4.79 Å². The molecule has 0 atom stereocenters. The van der Waals surface area contributed by atoms with E-state index >= 15 is 0 Å². The van der Waals surface area contributed by atoms with Crippen molar-refractivity contribution in [2.24, 2.45) is 5.92 Å². The first-order chi connectivity index (χ1) is 16.6. The molecule has 1 saturated heterocycles. The van der Waals surface area contributed by atoms with Crippen LogP contribution in [0.5, 0.6) is 0 Å². The highest BCUT2D eigenvalue weighted by atomic mass is 16.6. The van der Waals surface area contributed by atoms with Crippen LogP contribution in [0.15, 0.2) is 0 Å². The van der Waals surface area contributed by atoms with Crippen LogP contribution in [-0.2, 0) is 28.5 Å². The molecule has 1 heterocycles. The lowest BCUT2D eigenvalue weighted by Crippen LogP contribution is -2.47. The first-order valence-electron chi connectivity index (χ1n) is 13.2. The van der Waals surface area contributed by atoms with Gasteiger partial charge in [-0.15, -0.1) is 0 Å². The Morgan fingerprint density at radius 1 is 0.686 bits per heavy atom. The number of hydrogen-bond acceptors (Lipinski definition) is 8. The zero-order chi connectivity index (χ0) is 26.0. The quantitative estimate of drug-likeness (QED) is 0.259. The first kappa shape index (κ1) is 32.2. The lowest BCUT2D eigenvalue weighted by Gasteiger charge is -2.32. The third-order valence-electron chi connectivity index (χ3n) is 5.40. The van der Waals surface area contributed by atoms with Gasteiger partial charge in [0.1, 0.15) is 0 Å². The highest BCUT2D eigenvalue weighted by Gasteiger charge is 2.27. The number of carbonyl (C=O) groups is 1. The van der Waals surface area contributed by atoms with Crippen molar-refractivity contribution >= 4 is 5.91 Å². The van der Waals surface area contributed by atoms with Gasteiger partial charge in [-0.2, -0.15) is 0 Å². The number of likely N-dealkylation sites (tertiary alicyclic amines) is 1. The molecule has 1 amide bonds. The number of ether oxygens (including phenoxy) is 5. The van der Waals surface area contributed by atoms with E-state index in [0.717, 1.165) is 39.0 Å². The number of nitrogens with one attached hydrogen (secondary N) is 2. The summed E-state index contributed by atoms with van der Waals surface area (Å²) in [5.74, 6) is 0.320. The van der Waals surface area contributed by atoms with Crippen molar-refractivity contribution in [3.63, 3.8) is 0 Å². The molecule has 0 saturated carbocycles. The van der Waals surface area contributed by atoms with E-state index in [4.69, 9.17) is 23.7 Å². The number of carbonyl (C=O) groups excluding carboxylic acids is 1. The summed E-state index contributed by atoms with van der Waals surface area (Å²) in [5.41, 5.74) is -0.0376. The van der Waals surface area contributed by atoms with Crippen molar-refractivity contribution in [3.8, 4) is 0 Å². The summed E-state index contributed by atoms with van der Waals surface area (Å²) in [4.78, 5) is 14.6. The highest BCUT2D eigenvalue weighted by molar-refractivity contribution is 5.79. The van der Waals surface area contributed by atoms with Crippen molar-refractivity contribution in [2.75, 3.05) is 92.2 Å². The lowest BCUT2D eigenvalue weighted by molar-refractivity contribution is -0.127. The Balaban J connectivity index is 1.79. The monoisotopic (exact) mass is 503 g/mol. The molecule has 1 aliphatic heterocycles. The second-order valence-electron chi connectivity index (χ2n) is 11.1. The zero-order valence-electron chi connectivity index (χ0n) is 23.3. The third-order valence-corrected chi connectivity index (χ3v) is 5.40. The van der Waals surface area contributed by atoms with Crippen molar-refractivity contribution in [2.45, 2.75) is 65.5 Å². The summed E-state index contributed by atoms with van der Waals surface area (Å²) in [6.07, 6.45) is 1.83. The van der Waals surface area contributed by atoms with Gasteiger partial charge in [-0.3, -0.25) is 4.79 Å². The fraction of sp³-hybridized carbons (Fsp3) is 0.962. The Labute approximate surface area is 213 Å². The Kier molecular flexibility index (Phi) is 17.0. The van der Waals surface area contributed by atoms with Crippen LogP contribution in [-0.4, -0.2) is 114 Å².